The predicted octanol–water partition coefficient (Wildman–Crippen LogP) is 8.57. The van der Waals surface area contributed by atoms with Gasteiger partial charge in [-0.25, -0.2) is 28.3 Å². The average molecular weight is 885 g/mol. The normalized spacial score (nSPS) is 18.4. The second-order valence-electron chi connectivity index (χ2n) is 18.5. The van der Waals surface area contributed by atoms with Crippen LogP contribution in [-0.2, 0) is 25.6 Å². The summed E-state index contributed by atoms with van der Waals surface area (Å²) in [4.78, 5) is 72.3. The highest BCUT2D eigenvalue weighted by molar-refractivity contribution is 6.78. The van der Waals surface area contributed by atoms with Gasteiger partial charge in [-0.15, -0.1) is 0 Å². The summed E-state index contributed by atoms with van der Waals surface area (Å²) in [6.07, 6.45) is 0.718. The van der Waals surface area contributed by atoms with Crippen molar-refractivity contribution in [1.29, 1.82) is 0 Å². The van der Waals surface area contributed by atoms with Crippen molar-refractivity contribution in [3.8, 4) is 22.4 Å². The molecule has 1 aliphatic heterocycles. The lowest BCUT2D eigenvalue weighted by Gasteiger charge is -2.38. The van der Waals surface area contributed by atoms with E-state index in [1.165, 1.54) is 14.2 Å². The molecule has 63 heavy (non-hydrogen) atoms. The molecule has 336 valence electrons. The third kappa shape index (κ3) is 9.87. The number of hydrogen-bond donors (Lipinski definition) is 4. The van der Waals surface area contributed by atoms with Gasteiger partial charge in [0.25, 0.3) is 0 Å². The van der Waals surface area contributed by atoms with Crippen molar-refractivity contribution >= 4 is 53.9 Å². The monoisotopic (exact) mass is 884 g/mol. The minimum absolute atomic E-state index is 0.0590. The van der Waals surface area contributed by atoms with Crippen LogP contribution in [0.2, 0.25) is 19.1 Å². The highest BCUT2D eigenvalue weighted by atomic mass is 28.3. The van der Waals surface area contributed by atoms with Crippen molar-refractivity contribution in [1.82, 2.24) is 40.4 Å². The lowest BCUT2D eigenvalue weighted by Crippen LogP contribution is -2.54. The Kier molecular flexibility index (Phi) is 13.0. The summed E-state index contributed by atoms with van der Waals surface area (Å²) in [7, 11) is 0.736. The number of imidazole rings is 2. The molecule has 2 aliphatic rings. The number of H-pyrrole nitrogens is 2. The molecule has 1 saturated heterocycles. The molecule has 2 fully saturated rings. The quantitative estimate of drug-likeness (QED) is 0.0902. The number of rotatable bonds is 12. The molecule has 3 atom stereocenters. The van der Waals surface area contributed by atoms with Gasteiger partial charge in [0.1, 0.15) is 23.7 Å². The maximum absolute atomic E-state index is 14.2. The summed E-state index contributed by atoms with van der Waals surface area (Å²) in [5.74, 6) is -2.47. The number of aromatic nitrogens is 4. The molecule has 1 saturated carbocycles. The van der Waals surface area contributed by atoms with E-state index in [9.17, 15) is 28.0 Å². The van der Waals surface area contributed by atoms with Crippen LogP contribution in [0, 0.1) is 11.8 Å². The summed E-state index contributed by atoms with van der Waals surface area (Å²) < 4.78 is 38.1. The summed E-state index contributed by atoms with van der Waals surface area (Å²) in [6, 6.07) is 16.9. The first-order valence-corrected chi connectivity index (χ1v) is 25.0. The second kappa shape index (κ2) is 18.1. The maximum Gasteiger partial charge on any atom is 0.407 e. The Bertz CT molecular complexity index is 2480. The third-order valence-corrected chi connectivity index (χ3v) is 15.2. The van der Waals surface area contributed by atoms with Crippen LogP contribution in [0.1, 0.15) is 71.1 Å². The Morgan fingerprint density at radius 1 is 0.873 bits per heavy atom. The van der Waals surface area contributed by atoms with Crippen LogP contribution in [0.3, 0.4) is 0 Å². The average Bonchev–Trinajstić information content (AvgIpc) is 4.00. The van der Waals surface area contributed by atoms with Gasteiger partial charge in [0, 0.05) is 30.4 Å². The van der Waals surface area contributed by atoms with E-state index in [1.54, 1.807) is 11.1 Å². The fraction of sp³-hybridized carbons (Fsp3) is 0.478. The Hall–Kier alpha value is -5.84. The third-order valence-electron chi connectivity index (χ3n) is 12.5. The fourth-order valence-corrected chi connectivity index (χ4v) is 11.9. The van der Waals surface area contributed by atoms with Gasteiger partial charge in [-0.05, 0) is 64.9 Å². The predicted molar refractivity (Wildman–Crippen MR) is 239 cm³/mol. The number of fused-ring (bicyclic) bond motifs is 3. The van der Waals surface area contributed by atoms with E-state index in [1.807, 2.05) is 69.0 Å². The van der Waals surface area contributed by atoms with E-state index in [0.29, 0.717) is 12.0 Å². The molecule has 7 rings (SSSR count). The Morgan fingerprint density at radius 3 is 2.13 bits per heavy atom. The summed E-state index contributed by atoms with van der Waals surface area (Å²) >= 11 is 0. The molecule has 0 bridgehead atoms. The number of alkyl carbamates (subject to hydrolysis) is 2. The van der Waals surface area contributed by atoms with Gasteiger partial charge in [-0.1, -0.05) is 83.3 Å². The minimum atomic E-state index is -2.78. The molecule has 4 amide bonds. The fourth-order valence-electron chi connectivity index (χ4n) is 8.99. The number of ether oxygens (including phenoxy) is 2. The molecule has 3 heterocycles. The summed E-state index contributed by atoms with van der Waals surface area (Å²) in [6.45, 7) is 12.0. The molecule has 0 radical (unpaired) electrons. The van der Waals surface area contributed by atoms with Gasteiger partial charge in [0.2, 0.25) is 17.7 Å². The van der Waals surface area contributed by atoms with Crippen molar-refractivity contribution in [3.63, 3.8) is 0 Å². The van der Waals surface area contributed by atoms with Crippen LogP contribution in [0.4, 0.5) is 18.4 Å². The molecule has 1 aliphatic carbocycles. The molecule has 3 unspecified atom stereocenters. The van der Waals surface area contributed by atoms with Gasteiger partial charge in [-0.2, -0.15) is 0 Å². The van der Waals surface area contributed by atoms with Crippen LogP contribution in [0.25, 0.3) is 44.2 Å². The zero-order valence-electron chi connectivity index (χ0n) is 37.2. The number of nitrogens with one attached hydrogen (secondary N) is 4. The molecule has 2 aromatic heterocycles. The van der Waals surface area contributed by atoms with E-state index >= 15 is 0 Å². The Labute approximate surface area is 366 Å². The molecule has 3 aromatic carbocycles. The summed E-state index contributed by atoms with van der Waals surface area (Å²) in [5.41, 5.74) is 5.29. The molecule has 5 aromatic rings. The van der Waals surface area contributed by atoms with Crippen LogP contribution < -0.4 is 10.6 Å². The summed E-state index contributed by atoms with van der Waals surface area (Å²) in [5, 5.41) is 7.25. The van der Waals surface area contributed by atoms with Crippen molar-refractivity contribution < 1.29 is 37.4 Å². The largest absolute Gasteiger partial charge is 0.453 e. The van der Waals surface area contributed by atoms with Gasteiger partial charge in [-0.3, -0.25) is 9.59 Å². The first-order valence-electron chi connectivity index (χ1n) is 21.6. The second-order valence-corrected chi connectivity index (χ2v) is 23.5. The minimum Gasteiger partial charge on any atom is -0.453 e. The first-order chi connectivity index (χ1) is 29.9. The van der Waals surface area contributed by atoms with E-state index in [2.05, 4.69) is 51.9 Å². The van der Waals surface area contributed by atoms with E-state index < -0.39 is 44.3 Å². The van der Waals surface area contributed by atoms with Gasteiger partial charge in [0.05, 0.1) is 57.8 Å². The number of carbonyl (C=O) groups excluding carboxylic acids is 4. The number of methoxy groups -OCH3 is 2. The van der Waals surface area contributed by atoms with Crippen molar-refractivity contribution in [2.24, 2.45) is 11.8 Å². The maximum atomic E-state index is 14.2. The number of alkyl halides is 2. The standard InChI is InChI=1S/C46H58F2N8O6Si/c1-26(2)38(53-44(59)61-5)42(57)55(32-17-19-46(47,48)20-18-32)23-37-50-34-16-14-31-21-30(13-15-33(31)40(34)52-37)28-9-11-29(12-10-28)35-22-49-41(51-35)36-24-63(7,8)25-56(36)43(58)39(27(3)4)54-45(60)62-6/h9-16,21-22,26-27,32,36,38-39H,17-20,23-25H2,1-8H3,(H,49,51)(H,50,52)(H,53,59)(H,54,60). The number of amides is 4. The molecular weight excluding hydrogens is 827 g/mol. The SMILES string of the molecule is COC(=O)NC(C(=O)N(Cc1nc2c(ccc3cc(-c4ccc(-c5cnc(C6C[Si](C)(C)CN6C(=O)C(NC(=O)OC)C(C)C)[nH]5)cc4)ccc32)[nH]1)C1CCC(F)(F)CC1)C(C)C. The van der Waals surface area contributed by atoms with Crippen LogP contribution in [0.5, 0.6) is 0 Å². The lowest BCUT2D eigenvalue weighted by molar-refractivity contribution is -0.141. The number of nitrogens with zero attached hydrogens (tertiary/aromatic N) is 4. The highest BCUT2D eigenvalue weighted by Crippen LogP contribution is 2.39. The van der Waals surface area contributed by atoms with Gasteiger partial charge < -0.3 is 39.9 Å². The number of carbonyl (C=O) groups is 4. The topological polar surface area (TPSA) is 175 Å². The highest BCUT2D eigenvalue weighted by Gasteiger charge is 2.46. The van der Waals surface area contributed by atoms with E-state index in [0.717, 1.165) is 56.1 Å². The molecule has 4 N–H and O–H groups in total. The number of hydrogen-bond acceptors (Lipinski definition) is 8. The molecular formula is C46H58F2N8O6Si. The van der Waals surface area contributed by atoms with Crippen molar-refractivity contribution in [2.45, 2.75) is 109 Å². The first kappa shape index (κ1) is 45.2. The van der Waals surface area contributed by atoms with Crippen LogP contribution in [-0.4, -0.2) is 106 Å². The molecule has 17 heteroatoms. The van der Waals surface area contributed by atoms with Crippen molar-refractivity contribution in [2.75, 3.05) is 20.4 Å². The Morgan fingerprint density at radius 2 is 1.49 bits per heavy atom. The lowest BCUT2D eigenvalue weighted by atomic mass is 9.90. The van der Waals surface area contributed by atoms with E-state index in [-0.39, 0.29) is 61.9 Å². The zero-order valence-corrected chi connectivity index (χ0v) is 38.2. The molecule has 14 nitrogen and oxygen atoms in total. The number of aromatic amines is 2. The van der Waals surface area contributed by atoms with Crippen LogP contribution in [0.15, 0.2) is 60.8 Å². The zero-order chi connectivity index (χ0) is 45.4. The van der Waals surface area contributed by atoms with Crippen molar-refractivity contribution in [3.05, 3.63) is 72.4 Å². The smallest absolute Gasteiger partial charge is 0.407 e. The van der Waals surface area contributed by atoms with Gasteiger partial charge >= 0.3 is 12.2 Å². The number of benzene rings is 3. The number of halogens is 2. The van der Waals surface area contributed by atoms with Crippen LogP contribution >= 0.6 is 0 Å². The van der Waals surface area contributed by atoms with E-state index in [4.69, 9.17) is 19.4 Å². The molecule has 0 spiro atoms. The van der Waals surface area contributed by atoms with Gasteiger partial charge in [0.15, 0.2) is 0 Å². The Balaban J connectivity index is 1.10.